The summed E-state index contributed by atoms with van der Waals surface area (Å²) < 4.78 is 24.8. The van der Waals surface area contributed by atoms with Gasteiger partial charge in [0.2, 0.25) is 0 Å². The van der Waals surface area contributed by atoms with E-state index in [0.717, 1.165) is 0 Å². The summed E-state index contributed by atoms with van der Waals surface area (Å²) in [5.74, 6) is -2.41. The monoisotopic (exact) mass is 165 g/mol. The van der Waals surface area contributed by atoms with E-state index in [1.54, 1.807) is 6.92 Å². The van der Waals surface area contributed by atoms with E-state index in [2.05, 4.69) is 5.32 Å². The molecule has 1 aliphatic rings. The minimum Gasteiger partial charge on any atom is -0.314 e. The SMILES string of the molecule is CC.CC1CC(F)(F)CCN1. The lowest BCUT2D eigenvalue weighted by molar-refractivity contribution is -0.0387. The highest BCUT2D eigenvalue weighted by Crippen LogP contribution is 2.26. The molecule has 1 N–H and O–H groups in total. The molecule has 0 amide bonds. The molecule has 0 radical (unpaired) electrons. The Kier molecular flexibility index (Phi) is 4.57. The lowest BCUT2D eigenvalue weighted by Gasteiger charge is -2.27. The molecule has 0 aliphatic carbocycles. The predicted octanol–water partition coefficient (Wildman–Crippen LogP) is 2.42. The number of halogens is 2. The second kappa shape index (κ2) is 4.65. The summed E-state index contributed by atoms with van der Waals surface area (Å²) in [6.45, 7) is 6.24. The van der Waals surface area contributed by atoms with E-state index in [9.17, 15) is 8.78 Å². The third-order valence-corrected chi connectivity index (χ3v) is 1.59. The maximum Gasteiger partial charge on any atom is 0.250 e. The normalized spacial score (nSPS) is 28.6. The molecule has 11 heavy (non-hydrogen) atoms. The average molecular weight is 165 g/mol. The van der Waals surface area contributed by atoms with Gasteiger partial charge in [-0.05, 0) is 6.92 Å². The van der Waals surface area contributed by atoms with Crippen molar-refractivity contribution >= 4 is 0 Å². The van der Waals surface area contributed by atoms with Gasteiger partial charge in [0.05, 0.1) is 0 Å². The molecule has 68 valence electrons. The Balaban J connectivity index is 0.000000461. The van der Waals surface area contributed by atoms with Gasteiger partial charge in [-0.1, -0.05) is 13.8 Å². The molecular weight excluding hydrogens is 148 g/mol. The zero-order chi connectivity index (χ0) is 8.91. The molecule has 1 aliphatic heterocycles. The fraction of sp³-hybridized carbons (Fsp3) is 1.00. The molecule has 1 saturated heterocycles. The van der Waals surface area contributed by atoms with Crippen molar-refractivity contribution in [2.24, 2.45) is 0 Å². The molecule has 1 unspecified atom stereocenters. The Bertz CT molecular complexity index is 104. The predicted molar refractivity (Wildman–Crippen MR) is 43.0 cm³/mol. The first-order chi connectivity index (χ1) is 5.10. The third kappa shape index (κ3) is 4.30. The van der Waals surface area contributed by atoms with Gasteiger partial charge in [0.1, 0.15) is 0 Å². The number of rotatable bonds is 0. The van der Waals surface area contributed by atoms with Gasteiger partial charge in [0, 0.05) is 25.4 Å². The summed E-state index contributed by atoms with van der Waals surface area (Å²) >= 11 is 0. The van der Waals surface area contributed by atoms with Crippen molar-refractivity contribution in [2.75, 3.05) is 6.54 Å². The van der Waals surface area contributed by atoms with Gasteiger partial charge in [0.15, 0.2) is 0 Å². The second-order valence-electron chi connectivity index (χ2n) is 2.67. The Morgan fingerprint density at radius 2 is 1.91 bits per heavy atom. The van der Waals surface area contributed by atoms with Crippen LogP contribution in [0.15, 0.2) is 0 Å². The van der Waals surface area contributed by atoms with Crippen LogP contribution >= 0.6 is 0 Å². The highest BCUT2D eigenvalue weighted by molar-refractivity contribution is 4.79. The molecule has 0 spiro atoms. The Morgan fingerprint density at radius 1 is 1.36 bits per heavy atom. The number of alkyl halides is 2. The fourth-order valence-corrected chi connectivity index (χ4v) is 1.12. The van der Waals surface area contributed by atoms with Crippen molar-refractivity contribution in [3.63, 3.8) is 0 Å². The maximum atomic E-state index is 12.4. The van der Waals surface area contributed by atoms with E-state index in [4.69, 9.17) is 0 Å². The molecule has 0 bridgehead atoms. The van der Waals surface area contributed by atoms with E-state index in [0.29, 0.717) is 6.54 Å². The van der Waals surface area contributed by atoms with Gasteiger partial charge in [-0.15, -0.1) is 0 Å². The molecule has 3 heteroatoms. The van der Waals surface area contributed by atoms with Crippen LogP contribution in [-0.4, -0.2) is 18.5 Å². The molecule has 0 aromatic rings. The molecule has 0 aromatic heterocycles. The molecule has 0 aromatic carbocycles. The van der Waals surface area contributed by atoms with Crippen molar-refractivity contribution in [3.05, 3.63) is 0 Å². The highest BCUT2D eigenvalue weighted by atomic mass is 19.3. The van der Waals surface area contributed by atoms with E-state index >= 15 is 0 Å². The van der Waals surface area contributed by atoms with Crippen molar-refractivity contribution in [3.8, 4) is 0 Å². The van der Waals surface area contributed by atoms with Crippen LogP contribution in [0.1, 0.15) is 33.6 Å². The van der Waals surface area contributed by atoms with Gasteiger partial charge in [-0.2, -0.15) is 0 Å². The lowest BCUT2D eigenvalue weighted by atomic mass is 10.0. The van der Waals surface area contributed by atoms with Crippen LogP contribution in [0, 0.1) is 0 Å². The zero-order valence-electron chi connectivity index (χ0n) is 7.45. The summed E-state index contributed by atoms with van der Waals surface area (Å²) in [6, 6.07) is -0.0197. The lowest BCUT2D eigenvalue weighted by Crippen LogP contribution is -2.41. The van der Waals surface area contributed by atoms with E-state index in [-0.39, 0.29) is 18.9 Å². The minimum absolute atomic E-state index is 0.00264. The van der Waals surface area contributed by atoms with Crippen molar-refractivity contribution in [1.29, 1.82) is 0 Å². The van der Waals surface area contributed by atoms with Crippen LogP contribution in [0.3, 0.4) is 0 Å². The Hall–Kier alpha value is -0.180. The van der Waals surface area contributed by atoms with E-state index in [1.165, 1.54) is 0 Å². The summed E-state index contributed by atoms with van der Waals surface area (Å²) in [6.07, 6.45) is -0.00958. The number of nitrogens with one attached hydrogen (secondary N) is 1. The first kappa shape index (κ1) is 10.8. The Morgan fingerprint density at radius 3 is 2.18 bits per heavy atom. The molecule has 1 fully saturated rings. The largest absolute Gasteiger partial charge is 0.314 e. The van der Waals surface area contributed by atoms with Gasteiger partial charge in [-0.25, -0.2) is 8.78 Å². The summed E-state index contributed by atoms with van der Waals surface area (Å²) in [5, 5.41) is 2.96. The molecule has 0 saturated carbocycles. The number of piperidine rings is 1. The van der Waals surface area contributed by atoms with Gasteiger partial charge >= 0.3 is 0 Å². The van der Waals surface area contributed by atoms with Gasteiger partial charge < -0.3 is 5.32 Å². The van der Waals surface area contributed by atoms with Crippen LogP contribution in [-0.2, 0) is 0 Å². The molecular formula is C8H17F2N. The summed E-state index contributed by atoms with van der Waals surface area (Å²) in [4.78, 5) is 0. The first-order valence-corrected chi connectivity index (χ1v) is 4.21. The highest BCUT2D eigenvalue weighted by Gasteiger charge is 2.33. The van der Waals surface area contributed by atoms with E-state index < -0.39 is 5.92 Å². The molecule has 1 nitrogen and oxygen atoms in total. The van der Waals surface area contributed by atoms with Crippen LogP contribution in [0.5, 0.6) is 0 Å². The quantitative estimate of drug-likeness (QED) is 0.581. The van der Waals surface area contributed by atoms with Gasteiger partial charge in [-0.3, -0.25) is 0 Å². The summed E-state index contributed by atoms with van der Waals surface area (Å²) in [7, 11) is 0. The minimum atomic E-state index is -2.41. The van der Waals surface area contributed by atoms with Crippen molar-refractivity contribution in [2.45, 2.75) is 45.6 Å². The second-order valence-corrected chi connectivity index (χ2v) is 2.67. The van der Waals surface area contributed by atoms with Crippen LogP contribution in [0.25, 0.3) is 0 Å². The zero-order valence-corrected chi connectivity index (χ0v) is 7.45. The van der Waals surface area contributed by atoms with Gasteiger partial charge in [0.25, 0.3) is 5.92 Å². The van der Waals surface area contributed by atoms with E-state index in [1.807, 2.05) is 13.8 Å². The third-order valence-electron chi connectivity index (χ3n) is 1.59. The standard InChI is InChI=1S/C6H11F2N.C2H6/c1-5-4-6(7,8)2-3-9-5;1-2/h5,9H,2-4H2,1H3;1-2H3. The average Bonchev–Trinajstić information content (AvgIpc) is 1.89. The van der Waals surface area contributed by atoms with Crippen LogP contribution in [0.4, 0.5) is 8.78 Å². The molecule has 1 rings (SSSR count). The molecule has 1 heterocycles. The summed E-state index contributed by atoms with van der Waals surface area (Å²) in [5.41, 5.74) is 0. The number of hydrogen-bond acceptors (Lipinski definition) is 1. The Labute approximate surface area is 67.2 Å². The first-order valence-electron chi connectivity index (χ1n) is 4.21. The van der Waals surface area contributed by atoms with Crippen molar-refractivity contribution in [1.82, 2.24) is 5.32 Å². The van der Waals surface area contributed by atoms with Crippen LogP contribution in [0.2, 0.25) is 0 Å². The number of hydrogen-bond donors (Lipinski definition) is 1. The van der Waals surface area contributed by atoms with Crippen LogP contribution < -0.4 is 5.32 Å². The fourth-order valence-electron chi connectivity index (χ4n) is 1.12. The maximum absolute atomic E-state index is 12.4. The molecule has 1 atom stereocenters. The smallest absolute Gasteiger partial charge is 0.250 e. The van der Waals surface area contributed by atoms with Crippen molar-refractivity contribution < 1.29 is 8.78 Å². The topological polar surface area (TPSA) is 12.0 Å².